The van der Waals surface area contributed by atoms with Crippen molar-refractivity contribution in [3.63, 3.8) is 0 Å². The fourth-order valence-corrected chi connectivity index (χ4v) is 2.83. The van der Waals surface area contributed by atoms with Crippen molar-refractivity contribution >= 4 is 11.6 Å². The molecule has 1 heterocycles. The minimum atomic E-state index is -0.968. The first-order valence-corrected chi connectivity index (χ1v) is 9.76. The third-order valence-corrected chi connectivity index (χ3v) is 4.46. The number of hydrogen-bond acceptors (Lipinski definition) is 5. The molecule has 3 aromatic rings. The third kappa shape index (κ3) is 5.78. The van der Waals surface area contributed by atoms with E-state index in [4.69, 9.17) is 25.8 Å². The van der Waals surface area contributed by atoms with E-state index in [2.05, 4.69) is 0 Å². The van der Waals surface area contributed by atoms with Gasteiger partial charge in [0.15, 0.2) is 11.5 Å². The highest BCUT2D eigenvalue weighted by Crippen LogP contribution is 2.30. The maximum Gasteiger partial charge on any atom is 0.255 e. The zero-order chi connectivity index (χ0) is 21.7. The largest absolute Gasteiger partial charge is 0.493 e. The Morgan fingerprint density at radius 1 is 1.00 bits per heavy atom. The van der Waals surface area contributed by atoms with Crippen molar-refractivity contribution in [1.82, 2.24) is 4.57 Å². The lowest BCUT2D eigenvalue weighted by Gasteiger charge is -2.19. The second-order valence-corrected chi connectivity index (χ2v) is 7.86. The van der Waals surface area contributed by atoms with Crippen LogP contribution in [-0.2, 0) is 6.61 Å². The molecule has 0 radical (unpaired) electrons. The molecule has 0 saturated carbocycles. The van der Waals surface area contributed by atoms with E-state index in [-0.39, 0.29) is 18.8 Å². The second kappa shape index (κ2) is 9.24. The number of hydrogen-bond donors (Lipinski definition) is 1. The summed E-state index contributed by atoms with van der Waals surface area (Å²) in [5.41, 5.74) is 0.227. The smallest absolute Gasteiger partial charge is 0.255 e. The van der Waals surface area contributed by atoms with Crippen molar-refractivity contribution < 1.29 is 19.3 Å². The topological polar surface area (TPSA) is 69.9 Å². The molecule has 3 rings (SSSR count). The predicted molar refractivity (Wildman–Crippen MR) is 116 cm³/mol. The number of halogens is 1. The number of rotatable bonds is 8. The van der Waals surface area contributed by atoms with Crippen LogP contribution in [0.2, 0.25) is 5.02 Å². The van der Waals surface area contributed by atoms with E-state index in [0.29, 0.717) is 28.0 Å². The van der Waals surface area contributed by atoms with Gasteiger partial charge in [0.25, 0.3) is 5.56 Å². The Balaban J connectivity index is 1.75. The molecule has 0 amide bonds. The van der Waals surface area contributed by atoms with Crippen LogP contribution in [0.3, 0.4) is 0 Å². The number of aromatic nitrogens is 1. The Labute approximate surface area is 180 Å². The van der Waals surface area contributed by atoms with E-state index < -0.39 is 5.60 Å². The first-order valence-electron chi connectivity index (χ1n) is 9.39. The van der Waals surface area contributed by atoms with Gasteiger partial charge in [0, 0.05) is 23.4 Å². The lowest BCUT2D eigenvalue weighted by molar-refractivity contribution is 0.0276. The molecule has 30 heavy (non-hydrogen) atoms. The normalized spacial score (nSPS) is 11.2. The van der Waals surface area contributed by atoms with Crippen LogP contribution in [0.25, 0.3) is 5.69 Å². The third-order valence-electron chi connectivity index (χ3n) is 4.21. The minimum Gasteiger partial charge on any atom is -0.493 e. The van der Waals surface area contributed by atoms with Crippen LogP contribution in [0.15, 0.2) is 65.6 Å². The highest BCUT2D eigenvalue weighted by molar-refractivity contribution is 6.30. The Bertz CT molecular complexity index is 1050. The summed E-state index contributed by atoms with van der Waals surface area (Å²) in [5.74, 6) is 1.64. The lowest BCUT2D eigenvalue weighted by Crippen LogP contribution is -2.28. The van der Waals surface area contributed by atoms with E-state index in [1.54, 1.807) is 62.5 Å². The summed E-state index contributed by atoms with van der Waals surface area (Å²) in [6.07, 6.45) is 1.69. The molecule has 0 aliphatic rings. The molecule has 0 unspecified atom stereocenters. The maximum absolute atomic E-state index is 12.6. The monoisotopic (exact) mass is 429 g/mol. The van der Waals surface area contributed by atoms with E-state index in [9.17, 15) is 9.90 Å². The van der Waals surface area contributed by atoms with Crippen LogP contribution in [-0.4, -0.2) is 29.0 Å². The molecule has 0 spiro atoms. The molecule has 158 valence electrons. The molecule has 0 fully saturated rings. The first-order chi connectivity index (χ1) is 14.2. The Hall–Kier alpha value is -2.96. The van der Waals surface area contributed by atoms with Crippen molar-refractivity contribution in [2.75, 3.05) is 13.7 Å². The predicted octanol–water partition coefficient (Wildman–Crippen LogP) is 4.23. The van der Waals surface area contributed by atoms with E-state index in [1.807, 2.05) is 6.07 Å². The zero-order valence-electron chi connectivity index (χ0n) is 17.1. The van der Waals surface area contributed by atoms with Gasteiger partial charge < -0.3 is 19.3 Å². The summed E-state index contributed by atoms with van der Waals surface area (Å²) in [6.45, 7) is 3.70. The van der Waals surface area contributed by atoms with Crippen molar-refractivity contribution in [2.45, 2.75) is 26.1 Å². The molecule has 7 heteroatoms. The Kier molecular flexibility index (Phi) is 6.70. The van der Waals surface area contributed by atoms with Gasteiger partial charge in [-0.25, -0.2) is 0 Å². The van der Waals surface area contributed by atoms with E-state index in [1.165, 1.54) is 17.7 Å². The van der Waals surface area contributed by atoms with Crippen LogP contribution in [0.1, 0.15) is 19.4 Å². The van der Waals surface area contributed by atoms with Gasteiger partial charge in [0.05, 0.1) is 18.4 Å². The first kappa shape index (κ1) is 21.7. The Morgan fingerprint density at radius 2 is 1.73 bits per heavy atom. The number of methoxy groups -OCH3 is 1. The van der Waals surface area contributed by atoms with Crippen molar-refractivity contribution in [1.29, 1.82) is 0 Å². The Morgan fingerprint density at radius 3 is 2.37 bits per heavy atom. The molecule has 2 aromatic carbocycles. The van der Waals surface area contributed by atoms with Gasteiger partial charge in [-0.1, -0.05) is 11.6 Å². The SMILES string of the molecule is COc1cc(-n2ccc(COc3ccc(Cl)cc3)cc2=O)ccc1OCC(C)(C)O. The van der Waals surface area contributed by atoms with Gasteiger partial charge in [-0.2, -0.15) is 0 Å². The lowest BCUT2D eigenvalue weighted by atomic mass is 10.2. The van der Waals surface area contributed by atoms with Gasteiger partial charge in [0.2, 0.25) is 0 Å². The number of ether oxygens (including phenoxy) is 3. The highest BCUT2D eigenvalue weighted by Gasteiger charge is 2.16. The van der Waals surface area contributed by atoms with Crippen molar-refractivity contribution in [2.24, 2.45) is 0 Å². The zero-order valence-corrected chi connectivity index (χ0v) is 17.8. The van der Waals surface area contributed by atoms with Crippen molar-refractivity contribution in [3.05, 3.63) is 81.7 Å². The molecule has 6 nitrogen and oxygen atoms in total. The summed E-state index contributed by atoms with van der Waals surface area (Å²) >= 11 is 5.87. The van der Waals surface area contributed by atoms with Gasteiger partial charge in [-0.05, 0) is 61.9 Å². The summed E-state index contributed by atoms with van der Waals surface area (Å²) in [7, 11) is 1.52. The fraction of sp³-hybridized carbons (Fsp3) is 0.261. The number of pyridine rings is 1. The van der Waals surface area contributed by atoms with E-state index >= 15 is 0 Å². The summed E-state index contributed by atoms with van der Waals surface area (Å²) in [6, 6.07) is 15.6. The van der Waals surface area contributed by atoms with Crippen LogP contribution >= 0.6 is 11.6 Å². The second-order valence-electron chi connectivity index (χ2n) is 7.42. The quantitative estimate of drug-likeness (QED) is 0.580. The molecule has 0 aliphatic heterocycles. The highest BCUT2D eigenvalue weighted by atomic mass is 35.5. The van der Waals surface area contributed by atoms with Crippen molar-refractivity contribution in [3.8, 4) is 22.9 Å². The summed E-state index contributed by atoms with van der Waals surface area (Å²) < 4.78 is 18.2. The number of aliphatic hydroxyl groups is 1. The molecular weight excluding hydrogens is 406 g/mol. The number of benzene rings is 2. The van der Waals surface area contributed by atoms with Gasteiger partial charge >= 0.3 is 0 Å². The molecule has 0 saturated heterocycles. The summed E-state index contributed by atoms with van der Waals surface area (Å²) in [4.78, 5) is 12.6. The maximum atomic E-state index is 12.6. The van der Waals surface area contributed by atoms with E-state index in [0.717, 1.165) is 5.56 Å². The fourth-order valence-electron chi connectivity index (χ4n) is 2.70. The molecule has 0 aliphatic carbocycles. The summed E-state index contributed by atoms with van der Waals surface area (Å²) in [5, 5.41) is 10.5. The molecule has 1 N–H and O–H groups in total. The van der Waals surface area contributed by atoms with Crippen LogP contribution < -0.4 is 19.8 Å². The van der Waals surface area contributed by atoms with Crippen LogP contribution in [0.5, 0.6) is 17.2 Å². The van der Waals surface area contributed by atoms with Crippen LogP contribution in [0.4, 0.5) is 0 Å². The molecule has 0 atom stereocenters. The van der Waals surface area contributed by atoms with Gasteiger partial charge in [0.1, 0.15) is 19.0 Å². The molecule has 1 aromatic heterocycles. The van der Waals surface area contributed by atoms with Crippen LogP contribution in [0, 0.1) is 0 Å². The number of nitrogens with zero attached hydrogens (tertiary/aromatic N) is 1. The average Bonchev–Trinajstić information content (AvgIpc) is 2.71. The average molecular weight is 430 g/mol. The van der Waals surface area contributed by atoms with Gasteiger partial charge in [-0.15, -0.1) is 0 Å². The molecule has 0 bridgehead atoms. The molecular formula is C23H24ClNO5. The minimum absolute atomic E-state index is 0.116. The van der Waals surface area contributed by atoms with Gasteiger partial charge in [-0.3, -0.25) is 9.36 Å². The standard InChI is InChI=1S/C23H24ClNO5/c1-23(2,27)15-30-20-9-6-18(13-21(20)28-3)25-11-10-16(12-22(25)26)14-29-19-7-4-17(24)5-8-19/h4-13,27H,14-15H2,1-3H3.